The Bertz CT molecular complexity index is 798. The van der Waals surface area contributed by atoms with Crippen molar-refractivity contribution in [2.24, 2.45) is 0 Å². The molecule has 0 aliphatic heterocycles. The van der Waals surface area contributed by atoms with E-state index in [4.69, 9.17) is 4.74 Å². The van der Waals surface area contributed by atoms with Gasteiger partial charge in [0.15, 0.2) is 5.78 Å². The molecule has 0 radical (unpaired) electrons. The normalized spacial score (nSPS) is 10.3. The largest absolute Gasteiger partial charge is 0.487 e. The lowest BCUT2D eigenvalue weighted by Gasteiger charge is -2.13. The Kier molecular flexibility index (Phi) is 4.89. The molecule has 2 nitrogen and oxygen atoms in total. The summed E-state index contributed by atoms with van der Waals surface area (Å²) in [7, 11) is 0. The maximum absolute atomic E-state index is 12.7. The van der Waals surface area contributed by atoms with Crippen LogP contribution in [-0.2, 0) is 6.61 Å². The lowest BCUT2D eigenvalue weighted by molar-refractivity contribution is 0.103. The van der Waals surface area contributed by atoms with Crippen LogP contribution in [-0.4, -0.2) is 5.78 Å². The second-order valence-corrected chi connectivity index (χ2v) is 5.94. The molecule has 0 saturated heterocycles. The molecule has 3 rings (SSSR count). The van der Waals surface area contributed by atoms with Crippen molar-refractivity contribution in [2.45, 2.75) is 6.61 Å². The van der Waals surface area contributed by atoms with Gasteiger partial charge >= 0.3 is 0 Å². The minimum atomic E-state index is -0.0463. The van der Waals surface area contributed by atoms with E-state index in [-0.39, 0.29) is 5.78 Å². The molecule has 0 bridgehead atoms. The van der Waals surface area contributed by atoms with Gasteiger partial charge in [-0.1, -0.05) is 66.7 Å². The third kappa shape index (κ3) is 3.69. The summed E-state index contributed by atoms with van der Waals surface area (Å²) in [6.07, 6.45) is 0. The number of rotatable bonds is 5. The molecule has 0 atom stereocenters. The van der Waals surface area contributed by atoms with E-state index < -0.39 is 0 Å². The molecule has 114 valence electrons. The molecular formula is C20H15BrO2. The molecular weight excluding hydrogens is 352 g/mol. The molecule has 0 amide bonds. The summed E-state index contributed by atoms with van der Waals surface area (Å²) < 4.78 is 6.70. The average molecular weight is 367 g/mol. The Labute approximate surface area is 143 Å². The van der Waals surface area contributed by atoms with Crippen molar-refractivity contribution < 1.29 is 9.53 Å². The van der Waals surface area contributed by atoms with Crippen LogP contribution in [0.15, 0.2) is 83.3 Å². The predicted molar refractivity (Wildman–Crippen MR) is 94.8 cm³/mol. The number of carbonyl (C=O) groups excluding carboxylic acids is 1. The van der Waals surface area contributed by atoms with E-state index in [1.165, 1.54) is 0 Å². The third-order valence-corrected chi connectivity index (χ3v) is 4.10. The zero-order chi connectivity index (χ0) is 16.1. The summed E-state index contributed by atoms with van der Waals surface area (Å²) in [5.74, 6) is 0.528. The van der Waals surface area contributed by atoms with Crippen molar-refractivity contribution >= 4 is 21.7 Å². The van der Waals surface area contributed by atoms with Crippen LogP contribution < -0.4 is 4.74 Å². The molecule has 0 fully saturated rings. The molecule has 0 aliphatic carbocycles. The SMILES string of the molecule is O=C(c1ccccc1)c1cccc(Br)c1OCc1ccccc1. The van der Waals surface area contributed by atoms with Crippen LogP contribution in [0.4, 0.5) is 0 Å². The monoisotopic (exact) mass is 366 g/mol. The molecule has 23 heavy (non-hydrogen) atoms. The van der Waals surface area contributed by atoms with E-state index >= 15 is 0 Å². The first kappa shape index (κ1) is 15.5. The first-order valence-electron chi connectivity index (χ1n) is 7.30. The fourth-order valence-electron chi connectivity index (χ4n) is 2.31. The summed E-state index contributed by atoms with van der Waals surface area (Å²) in [4.78, 5) is 12.7. The van der Waals surface area contributed by atoms with E-state index in [0.29, 0.717) is 23.5 Å². The van der Waals surface area contributed by atoms with E-state index in [0.717, 1.165) is 10.0 Å². The molecule has 0 spiro atoms. The van der Waals surface area contributed by atoms with Gasteiger partial charge in [0.2, 0.25) is 0 Å². The van der Waals surface area contributed by atoms with E-state index in [1.54, 1.807) is 6.07 Å². The number of hydrogen-bond acceptors (Lipinski definition) is 2. The summed E-state index contributed by atoms with van der Waals surface area (Å²) in [6, 6.07) is 24.6. The maximum Gasteiger partial charge on any atom is 0.196 e. The van der Waals surface area contributed by atoms with Crippen molar-refractivity contribution in [3.8, 4) is 5.75 Å². The van der Waals surface area contributed by atoms with Gasteiger partial charge in [-0.15, -0.1) is 0 Å². The minimum absolute atomic E-state index is 0.0463. The van der Waals surface area contributed by atoms with Crippen LogP contribution in [0, 0.1) is 0 Å². The van der Waals surface area contributed by atoms with Crippen molar-refractivity contribution in [1.82, 2.24) is 0 Å². The van der Waals surface area contributed by atoms with Crippen LogP contribution in [0.1, 0.15) is 21.5 Å². The van der Waals surface area contributed by atoms with Crippen LogP contribution in [0.2, 0.25) is 0 Å². The van der Waals surface area contributed by atoms with Gasteiger partial charge in [-0.25, -0.2) is 0 Å². The lowest BCUT2D eigenvalue weighted by atomic mass is 10.0. The fraction of sp³-hybridized carbons (Fsp3) is 0.0500. The zero-order valence-electron chi connectivity index (χ0n) is 12.4. The Morgan fingerprint density at radius 2 is 1.48 bits per heavy atom. The molecule has 3 aromatic carbocycles. The van der Waals surface area contributed by atoms with Crippen molar-refractivity contribution in [3.05, 3.63) is 100 Å². The van der Waals surface area contributed by atoms with Crippen molar-refractivity contribution in [2.75, 3.05) is 0 Å². The number of halogens is 1. The predicted octanol–water partition coefficient (Wildman–Crippen LogP) is 5.26. The number of carbonyl (C=O) groups is 1. The molecule has 3 heteroatoms. The smallest absolute Gasteiger partial charge is 0.196 e. The van der Waals surface area contributed by atoms with Gasteiger partial charge in [0, 0.05) is 5.56 Å². The standard InChI is InChI=1S/C20H15BrO2/c21-18-13-7-12-17(19(22)16-10-5-2-6-11-16)20(18)23-14-15-8-3-1-4-9-15/h1-13H,14H2. The van der Waals surface area contributed by atoms with Crippen LogP contribution in [0.25, 0.3) is 0 Å². The Morgan fingerprint density at radius 1 is 0.826 bits per heavy atom. The average Bonchev–Trinajstić information content (AvgIpc) is 2.61. The molecule has 3 aromatic rings. The highest BCUT2D eigenvalue weighted by molar-refractivity contribution is 9.10. The number of para-hydroxylation sites is 1. The van der Waals surface area contributed by atoms with E-state index in [2.05, 4.69) is 15.9 Å². The van der Waals surface area contributed by atoms with Gasteiger partial charge in [-0.3, -0.25) is 4.79 Å². The van der Waals surface area contributed by atoms with Gasteiger partial charge in [0.25, 0.3) is 0 Å². The number of hydrogen-bond donors (Lipinski definition) is 0. The molecule has 0 N–H and O–H groups in total. The van der Waals surface area contributed by atoms with Crippen molar-refractivity contribution in [1.29, 1.82) is 0 Å². The van der Waals surface area contributed by atoms with E-state index in [1.807, 2.05) is 72.8 Å². The first-order chi connectivity index (χ1) is 11.3. The quantitative estimate of drug-likeness (QED) is 0.575. The first-order valence-corrected chi connectivity index (χ1v) is 8.10. The molecule has 0 heterocycles. The molecule has 0 aliphatic rings. The summed E-state index contributed by atoms with van der Waals surface area (Å²) in [5, 5.41) is 0. The molecule has 0 aromatic heterocycles. The minimum Gasteiger partial charge on any atom is -0.487 e. The Hall–Kier alpha value is -2.39. The second kappa shape index (κ2) is 7.25. The molecule has 0 unspecified atom stereocenters. The summed E-state index contributed by atoms with van der Waals surface area (Å²) in [5.41, 5.74) is 2.26. The van der Waals surface area contributed by atoms with Crippen LogP contribution in [0.5, 0.6) is 5.75 Å². The van der Waals surface area contributed by atoms with Gasteiger partial charge in [0.05, 0.1) is 10.0 Å². The van der Waals surface area contributed by atoms with E-state index in [9.17, 15) is 4.79 Å². The van der Waals surface area contributed by atoms with Gasteiger partial charge in [0.1, 0.15) is 12.4 Å². The number of ketones is 1. The van der Waals surface area contributed by atoms with Gasteiger partial charge < -0.3 is 4.74 Å². The Morgan fingerprint density at radius 3 is 2.17 bits per heavy atom. The number of benzene rings is 3. The summed E-state index contributed by atoms with van der Waals surface area (Å²) in [6.45, 7) is 0.415. The fourth-order valence-corrected chi connectivity index (χ4v) is 2.79. The topological polar surface area (TPSA) is 26.3 Å². The van der Waals surface area contributed by atoms with Gasteiger partial charge in [-0.2, -0.15) is 0 Å². The van der Waals surface area contributed by atoms with Crippen LogP contribution >= 0.6 is 15.9 Å². The lowest BCUT2D eigenvalue weighted by Crippen LogP contribution is -2.06. The third-order valence-electron chi connectivity index (χ3n) is 3.47. The van der Waals surface area contributed by atoms with Gasteiger partial charge in [-0.05, 0) is 33.6 Å². The molecule has 0 saturated carbocycles. The Balaban J connectivity index is 1.89. The van der Waals surface area contributed by atoms with Crippen molar-refractivity contribution in [3.63, 3.8) is 0 Å². The zero-order valence-corrected chi connectivity index (χ0v) is 14.0. The second-order valence-electron chi connectivity index (χ2n) is 5.09. The highest BCUT2D eigenvalue weighted by atomic mass is 79.9. The number of ether oxygens (including phenoxy) is 1. The summed E-state index contributed by atoms with van der Waals surface area (Å²) >= 11 is 3.48. The maximum atomic E-state index is 12.7. The highest BCUT2D eigenvalue weighted by Crippen LogP contribution is 2.31. The van der Waals surface area contributed by atoms with Crippen LogP contribution in [0.3, 0.4) is 0 Å². The highest BCUT2D eigenvalue weighted by Gasteiger charge is 2.17.